The normalized spacial score (nSPS) is 10.8. The van der Waals surface area contributed by atoms with Gasteiger partial charge >= 0.3 is 0 Å². The second kappa shape index (κ2) is 4.77. The molecule has 78 valence electrons. The first kappa shape index (κ1) is 10.7. The molecule has 0 radical (unpaired) electrons. The fourth-order valence-corrected chi connectivity index (χ4v) is 1.70. The molecule has 0 aliphatic heterocycles. The largest absolute Gasteiger partial charge is 0.241 e. The zero-order valence-electron chi connectivity index (χ0n) is 8.08. The highest BCUT2D eigenvalue weighted by Crippen LogP contribution is 2.17. The lowest BCUT2D eigenvalue weighted by atomic mass is 10.2. The summed E-state index contributed by atoms with van der Waals surface area (Å²) < 4.78 is 0. The topological polar surface area (TPSA) is 25.8 Å². The van der Waals surface area contributed by atoms with Crippen LogP contribution in [-0.2, 0) is 6.42 Å². The van der Waals surface area contributed by atoms with Gasteiger partial charge in [0, 0.05) is 28.9 Å². The Bertz CT molecular complexity index is 471. The molecule has 1 aromatic carbocycles. The van der Waals surface area contributed by atoms with Crippen LogP contribution >= 0.6 is 23.2 Å². The molecule has 0 saturated heterocycles. The Hall–Kier alpha value is -0.860. The second-order valence-corrected chi connectivity index (χ2v) is 4.10. The van der Waals surface area contributed by atoms with E-state index in [0.29, 0.717) is 10.9 Å². The molecule has 0 bridgehead atoms. The van der Waals surface area contributed by atoms with Crippen molar-refractivity contribution < 1.29 is 0 Å². The van der Waals surface area contributed by atoms with Crippen LogP contribution in [0.4, 0.5) is 0 Å². The van der Waals surface area contributed by atoms with Gasteiger partial charge in [-0.05, 0) is 24.6 Å². The van der Waals surface area contributed by atoms with Gasteiger partial charge in [-0.25, -0.2) is 9.97 Å². The molecule has 4 heteroatoms. The third-order valence-corrected chi connectivity index (χ3v) is 2.63. The predicted octanol–water partition coefficient (Wildman–Crippen LogP) is 3.45. The molecule has 2 aromatic rings. The van der Waals surface area contributed by atoms with Crippen LogP contribution in [0.3, 0.4) is 0 Å². The van der Waals surface area contributed by atoms with Crippen LogP contribution in [0.15, 0.2) is 24.4 Å². The van der Waals surface area contributed by atoms with Crippen molar-refractivity contribution in [2.75, 3.05) is 5.88 Å². The van der Waals surface area contributed by atoms with E-state index in [4.69, 9.17) is 23.2 Å². The molecular weight excluding hydrogens is 231 g/mol. The number of fused-ring (bicyclic) bond motifs is 1. The Morgan fingerprint density at radius 2 is 2.13 bits per heavy atom. The van der Waals surface area contributed by atoms with Gasteiger partial charge in [-0.1, -0.05) is 11.6 Å². The fourth-order valence-electron chi connectivity index (χ4n) is 1.39. The van der Waals surface area contributed by atoms with Crippen molar-refractivity contribution in [3.05, 3.63) is 35.2 Å². The van der Waals surface area contributed by atoms with Crippen molar-refractivity contribution in [3.8, 4) is 0 Å². The van der Waals surface area contributed by atoms with Crippen molar-refractivity contribution in [2.24, 2.45) is 0 Å². The van der Waals surface area contributed by atoms with Crippen molar-refractivity contribution in [1.82, 2.24) is 9.97 Å². The summed E-state index contributed by atoms with van der Waals surface area (Å²) in [5, 5.41) is 1.68. The Labute approximate surface area is 98.3 Å². The maximum Gasteiger partial charge on any atom is 0.129 e. The molecule has 0 saturated carbocycles. The average Bonchev–Trinajstić information content (AvgIpc) is 2.26. The van der Waals surface area contributed by atoms with Crippen LogP contribution in [0, 0.1) is 0 Å². The van der Waals surface area contributed by atoms with Gasteiger partial charge in [0.1, 0.15) is 5.82 Å². The summed E-state index contributed by atoms with van der Waals surface area (Å²) in [7, 11) is 0. The highest BCUT2D eigenvalue weighted by molar-refractivity contribution is 6.31. The van der Waals surface area contributed by atoms with Crippen LogP contribution < -0.4 is 0 Å². The standard InChI is InChI=1S/C11H10Cl2N2/c12-5-1-2-11-14-7-8-6-9(13)3-4-10(8)15-11/h3-4,6-7H,1-2,5H2. The summed E-state index contributed by atoms with van der Waals surface area (Å²) in [4.78, 5) is 8.68. The van der Waals surface area contributed by atoms with E-state index >= 15 is 0 Å². The van der Waals surface area contributed by atoms with Crippen molar-refractivity contribution in [1.29, 1.82) is 0 Å². The van der Waals surface area contributed by atoms with Crippen molar-refractivity contribution in [2.45, 2.75) is 12.8 Å². The fraction of sp³-hybridized carbons (Fsp3) is 0.273. The van der Waals surface area contributed by atoms with Crippen LogP contribution in [-0.4, -0.2) is 15.8 Å². The third kappa shape index (κ3) is 2.58. The minimum atomic E-state index is 0.641. The predicted molar refractivity (Wildman–Crippen MR) is 63.6 cm³/mol. The van der Waals surface area contributed by atoms with Crippen LogP contribution in [0.1, 0.15) is 12.2 Å². The molecule has 1 heterocycles. The van der Waals surface area contributed by atoms with Gasteiger partial charge in [-0.2, -0.15) is 0 Å². The molecule has 0 fully saturated rings. The smallest absolute Gasteiger partial charge is 0.129 e. The van der Waals surface area contributed by atoms with E-state index in [1.165, 1.54) is 0 Å². The van der Waals surface area contributed by atoms with E-state index in [9.17, 15) is 0 Å². The average molecular weight is 241 g/mol. The van der Waals surface area contributed by atoms with E-state index < -0.39 is 0 Å². The number of aryl methyl sites for hydroxylation is 1. The minimum Gasteiger partial charge on any atom is -0.241 e. The number of hydrogen-bond donors (Lipinski definition) is 0. The Morgan fingerprint density at radius 3 is 2.93 bits per heavy atom. The number of rotatable bonds is 3. The van der Waals surface area contributed by atoms with Crippen LogP contribution in [0.2, 0.25) is 5.02 Å². The van der Waals surface area contributed by atoms with Gasteiger partial charge in [-0.3, -0.25) is 0 Å². The zero-order valence-corrected chi connectivity index (χ0v) is 9.59. The van der Waals surface area contributed by atoms with Gasteiger partial charge in [0.15, 0.2) is 0 Å². The van der Waals surface area contributed by atoms with Gasteiger partial charge in [0.05, 0.1) is 5.52 Å². The highest BCUT2D eigenvalue weighted by Gasteiger charge is 2.00. The SMILES string of the molecule is ClCCCc1ncc2cc(Cl)ccc2n1. The zero-order chi connectivity index (χ0) is 10.7. The molecule has 15 heavy (non-hydrogen) atoms. The number of nitrogens with zero attached hydrogens (tertiary/aromatic N) is 2. The van der Waals surface area contributed by atoms with Crippen LogP contribution in [0.5, 0.6) is 0 Å². The van der Waals surface area contributed by atoms with E-state index in [1.54, 1.807) is 6.20 Å². The summed E-state index contributed by atoms with van der Waals surface area (Å²) in [6.45, 7) is 0. The summed E-state index contributed by atoms with van der Waals surface area (Å²) in [6, 6.07) is 5.61. The first-order chi connectivity index (χ1) is 7.29. The molecule has 1 aromatic heterocycles. The van der Waals surface area contributed by atoms with Gasteiger partial charge < -0.3 is 0 Å². The number of benzene rings is 1. The lowest BCUT2D eigenvalue weighted by molar-refractivity contribution is 0.849. The molecule has 0 aliphatic carbocycles. The first-order valence-electron chi connectivity index (χ1n) is 4.77. The molecule has 0 amide bonds. The highest BCUT2D eigenvalue weighted by atomic mass is 35.5. The lowest BCUT2D eigenvalue weighted by Crippen LogP contribution is -1.95. The summed E-state index contributed by atoms with van der Waals surface area (Å²) in [5.74, 6) is 1.48. The molecular formula is C11H10Cl2N2. The molecule has 2 nitrogen and oxygen atoms in total. The quantitative estimate of drug-likeness (QED) is 0.769. The lowest BCUT2D eigenvalue weighted by Gasteiger charge is -2.01. The second-order valence-electron chi connectivity index (χ2n) is 3.28. The summed E-state index contributed by atoms with van der Waals surface area (Å²) in [6.07, 6.45) is 3.53. The van der Waals surface area contributed by atoms with E-state index in [1.807, 2.05) is 18.2 Å². The molecule has 0 spiro atoms. The molecule has 0 aliphatic rings. The Balaban J connectivity index is 2.34. The summed E-state index contributed by atoms with van der Waals surface area (Å²) >= 11 is 11.5. The third-order valence-electron chi connectivity index (χ3n) is 2.13. The number of alkyl halides is 1. The van der Waals surface area contributed by atoms with E-state index in [0.717, 1.165) is 29.6 Å². The van der Waals surface area contributed by atoms with Crippen LogP contribution in [0.25, 0.3) is 10.9 Å². The molecule has 2 rings (SSSR count). The number of halogens is 2. The van der Waals surface area contributed by atoms with E-state index in [-0.39, 0.29) is 0 Å². The Morgan fingerprint density at radius 1 is 1.27 bits per heavy atom. The molecule has 0 unspecified atom stereocenters. The van der Waals surface area contributed by atoms with Crippen molar-refractivity contribution >= 4 is 34.1 Å². The Kier molecular flexibility index (Phi) is 3.39. The van der Waals surface area contributed by atoms with E-state index in [2.05, 4.69) is 9.97 Å². The number of hydrogen-bond acceptors (Lipinski definition) is 2. The van der Waals surface area contributed by atoms with Gasteiger partial charge in [0.2, 0.25) is 0 Å². The summed E-state index contributed by atoms with van der Waals surface area (Å²) in [5.41, 5.74) is 0.930. The maximum absolute atomic E-state index is 5.87. The molecule has 0 N–H and O–H groups in total. The maximum atomic E-state index is 5.87. The van der Waals surface area contributed by atoms with Gasteiger partial charge in [0.25, 0.3) is 0 Å². The molecule has 0 atom stereocenters. The monoisotopic (exact) mass is 240 g/mol. The first-order valence-corrected chi connectivity index (χ1v) is 5.68. The van der Waals surface area contributed by atoms with Crippen molar-refractivity contribution in [3.63, 3.8) is 0 Å². The number of aromatic nitrogens is 2. The minimum absolute atomic E-state index is 0.641. The van der Waals surface area contributed by atoms with Gasteiger partial charge in [-0.15, -0.1) is 11.6 Å².